The summed E-state index contributed by atoms with van der Waals surface area (Å²) in [5.74, 6) is 1.34. The van der Waals surface area contributed by atoms with Gasteiger partial charge in [0, 0.05) is 12.7 Å². The van der Waals surface area contributed by atoms with Crippen molar-refractivity contribution in [1.29, 1.82) is 0 Å². The number of hydrogen-bond acceptors (Lipinski definition) is 2. The molecule has 0 fully saturated rings. The van der Waals surface area contributed by atoms with E-state index in [1.165, 1.54) is 11.1 Å². The van der Waals surface area contributed by atoms with Gasteiger partial charge in [-0.25, -0.2) is 4.98 Å². The van der Waals surface area contributed by atoms with Crippen LogP contribution < -0.4 is 0 Å². The predicted octanol–water partition coefficient (Wildman–Crippen LogP) is 3.29. The van der Waals surface area contributed by atoms with E-state index in [9.17, 15) is 0 Å². The number of alkyl halides is 1. The molecule has 2 aromatic heterocycles. The van der Waals surface area contributed by atoms with Gasteiger partial charge in [0.2, 0.25) is 0 Å². The van der Waals surface area contributed by atoms with Gasteiger partial charge in [0.1, 0.15) is 5.82 Å². The highest BCUT2D eigenvalue weighted by atomic mass is 35.5. The van der Waals surface area contributed by atoms with Crippen LogP contribution in [0.1, 0.15) is 17.0 Å². The molecular weight excluding hydrogens is 272 g/mol. The highest BCUT2D eigenvalue weighted by molar-refractivity contribution is 6.16. The SMILES string of the molecule is Cc1cnn(CCn2c(CCl)nc3c(C)cccc32)c1. The number of fused-ring (bicyclic) bond motifs is 1. The molecular formula is C15H17ClN4. The molecule has 3 rings (SSSR count). The number of hydrogen-bond donors (Lipinski definition) is 0. The smallest absolute Gasteiger partial charge is 0.124 e. The molecule has 20 heavy (non-hydrogen) atoms. The van der Waals surface area contributed by atoms with Crippen molar-refractivity contribution in [3.8, 4) is 0 Å². The number of benzene rings is 1. The lowest BCUT2D eigenvalue weighted by atomic mass is 10.2. The van der Waals surface area contributed by atoms with E-state index in [0.29, 0.717) is 5.88 Å². The van der Waals surface area contributed by atoms with E-state index in [1.807, 2.05) is 24.0 Å². The molecule has 4 nitrogen and oxygen atoms in total. The molecule has 0 radical (unpaired) electrons. The van der Waals surface area contributed by atoms with E-state index in [0.717, 1.165) is 29.9 Å². The topological polar surface area (TPSA) is 35.6 Å². The second-order valence-electron chi connectivity index (χ2n) is 5.04. The Labute approximate surface area is 123 Å². The van der Waals surface area contributed by atoms with E-state index in [-0.39, 0.29) is 0 Å². The van der Waals surface area contributed by atoms with Gasteiger partial charge in [0.25, 0.3) is 0 Å². The Balaban J connectivity index is 1.95. The van der Waals surface area contributed by atoms with Gasteiger partial charge in [0.05, 0.1) is 29.7 Å². The van der Waals surface area contributed by atoms with Crippen LogP contribution in [0.2, 0.25) is 0 Å². The fraction of sp³-hybridized carbons (Fsp3) is 0.333. The molecule has 0 unspecified atom stereocenters. The van der Waals surface area contributed by atoms with Crippen LogP contribution in [-0.4, -0.2) is 19.3 Å². The Hall–Kier alpha value is -1.81. The third kappa shape index (κ3) is 2.31. The van der Waals surface area contributed by atoms with Crippen LogP contribution in [0.15, 0.2) is 30.6 Å². The molecule has 0 spiro atoms. The zero-order valence-electron chi connectivity index (χ0n) is 11.7. The van der Waals surface area contributed by atoms with Crippen molar-refractivity contribution in [2.75, 3.05) is 0 Å². The van der Waals surface area contributed by atoms with Gasteiger partial charge in [-0.15, -0.1) is 11.6 Å². The Morgan fingerprint density at radius 2 is 2.05 bits per heavy atom. The molecule has 5 heteroatoms. The molecule has 0 N–H and O–H groups in total. The molecule has 0 bridgehead atoms. The first-order chi connectivity index (χ1) is 9.69. The van der Waals surface area contributed by atoms with Gasteiger partial charge >= 0.3 is 0 Å². The number of nitrogens with zero attached hydrogens (tertiary/aromatic N) is 4. The predicted molar refractivity (Wildman–Crippen MR) is 81.0 cm³/mol. The molecule has 3 aromatic rings. The summed E-state index contributed by atoms with van der Waals surface area (Å²) in [7, 11) is 0. The maximum atomic E-state index is 6.04. The van der Waals surface area contributed by atoms with Gasteiger partial charge in [-0.1, -0.05) is 12.1 Å². The minimum atomic E-state index is 0.423. The monoisotopic (exact) mass is 288 g/mol. The summed E-state index contributed by atoms with van der Waals surface area (Å²) < 4.78 is 4.14. The molecule has 104 valence electrons. The summed E-state index contributed by atoms with van der Waals surface area (Å²) in [5, 5.41) is 4.32. The van der Waals surface area contributed by atoms with Crippen molar-refractivity contribution in [1.82, 2.24) is 19.3 Å². The van der Waals surface area contributed by atoms with E-state index in [1.54, 1.807) is 0 Å². The molecule has 0 aliphatic rings. The second kappa shape index (κ2) is 5.29. The van der Waals surface area contributed by atoms with Crippen LogP contribution >= 0.6 is 11.6 Å². The number of halogens is 1. The molecule has 1 aromatic carbocycles. The first-order valence-corrected chi connectivity index (χ1v) is 7.22. The maximum Gasteiger partial charge on any atom is 0.124 e. The minimum Gasteiger partial charge on any atom is -0.325 e. The molecule has 2 heterocycles. The third-order valence-electron chi connectivity index (χ3n) is 3.49. The van der Waals surface area contributed by atoms with Crippen molar-refractivity contribution in [3.63, 3.8) is 0 Å². The van der Waals surface area contributed by atoms with Crippen molar-refractivity contribution >= 4 is 22.6 Å². The summed E-state index contributed by atoms with van der Waals surface area (Å²) in [6, 6.07) is 6.24. The number of imidazole rings is 1. The van der Waals surface area contributed by atoms with E-state index < -0.39 is 0 Å². The molecule has 0 aliphatic carbocycles. The van der Waals surface area contributed by atoms with Crippen molar-refractivity contribution in [2.24, 2.45) is 0 Å². The molecule has 0 amide bonds. The molecule has 0 saturated carbocycles. The molecule has 0 atom stereocenters. The van der Waals surface area contributed by atoms with E-state index >= 15 is 0 Å². The Morgan fingerprint density at radius 3 is 2.75 bits per heavy atom. The number of rotatable bonds is 4. The lowest BCUT2D eigenvalue weighted by Crippen LogP contribution is -2.10. The number of para-hydroxylation sites is 1. The van der Waals surface area contributed by atoms with Crippen LogP contribution in [0.4, 0.5) is 0 Å². The molecule has 0 saturated heterocycles. The van der Waals surface area contributed by atoms with Crippen LogP contribution in [0, 0.1) is 13.8 Å². The minimum absolute atomic E-state index is 0.423. The van der Waals surface area contributed by atoms with E-state index in [4.69, 9.17) is 11.6 Å². The molecule has 0 aliphatic heterocycles. The fourth-order valence-corrected chi connectivity index (χ4v) is 2.68. The van der Waals surface area contributed by atoms with Crippen LogP contribution in [-0.2, 0) is 19.0 Å². The Kier molecular flexibility index (Phi) is 3.49. The highest BCUT2D eigenvalue weighted by Gasteiger charge is 2.11. The summed E-state index contributed by atoms with van der Waals surface area (Å²) in [6.07, 6.45) is 3.92. The number of aromatic nitrogens is 4. The quantitative estimate of drug-likeness (QED) is 0.691. The summed E-state index contributed by atoms with van der Waals surface area (Å²) in [4.78, 5) is 4.65. The van der Waals surface area contributed by atoms with Crippen molar-refractivity contribution < 1.29 is 0 Å². The first-order valence-electron chi connectivity index (χ1n) is 6.69. The van der Waals surface area contributed by atoms with Gasteiger partial charge in [-0.3, -0.25) is 4.68 Å². The average Bonchev–Trinajstić information content (AvgIpc) is 3.01. The van der Waals surface area contributed by atoms with Crippen molar-refractivity contribution in [3.05, 3.63) is 47.5 Å². The largest absolute Gasteiger partial charge is 0.325 e. The summed E-state index contributed by atoms with van der Waals surface area (Å²) >= 11 is 6.04. The summed E-state index contributed by atoms with van der Waals surface area (Å²) in [6.45, 7) is 5.76. The fourth-order valence-electron chi connectivity index (χ4n) is 2.48. The normalized spacial score (nSPS) is 11.3. The zero-order valence-corrected chi connectivity index (χ0v) is 12.4. The van der Waals surface area contributed by atoms with Crippen LogP contribution in [0.3, 0.4) is 0 Å². The van der Waals surface area contributed by atoms with Gasteiger partial charge in [0.15, 0.2) is 0 Å². The van der Waals surface area contributed by atoms with Gasteiger partial charge in [-0.2, -0.15) is 5.10 Å². The second-order valence-corrected chi connectivity index (χ2v) is 5.30. The average molecular weight is 289 g/mol. The maximum absolute atomic E-state index is 6.04. The van der Waals surface area contributed by atoms with Crippen LogP contribution in [0.5, 0.6) is 0 Å². The van der Waals surface area contributed by atoms with Gasteiger partial charge in [-0.05, 0) is 31.0 Å². The standard InChI is InChI=1S/C15H17ClN4/c1-11-9-17-19(10-11)6-7-20-13-5-3-4-12(2)15(13)18-14(20)8-16/h3-5,9-10H,6-8H2,1-2H3. The van der Waals surface area contributed by atoms with Gasteiger partial charge < -0.3 is 4.57 Å². The Morgan fingerprint density at radius 1 is 1.20 bits per heavy atom. The summed E-state index contributed by atoms with van der Waals surface area (Å²) in [5.41, 5.74) is 4.54. The lowest BCUT2D eigenvalue weighted by molar-refractivity contribution is 0.533. The lowest BCUT2D eigenvalue weighted by Gasteiger charge is -2.08. The van der Waals surface area contributed by atoms with Crippen molar-refractivity contribution in [2.45, 2.75) is 32.8 Å². The number of aryl methyl sites for hydroxylation is 4. The first kappa shape index (κ1) is 13.2. The third-order valence-corrected chi connectivity index (χ3v) is 3.73. The Bertz CT molecular complexity index is 741. The highest BCUT2D eigenvalue weighted by Crippen LogP contribution is 2.20. The van der Waals surface area contributed by atoms with E-state index in [2.05, 4.69) is 39.8 Å². The zero-order chi connectivity index (χ0) is 14.1. The van der Waals surface area contributed by atoms with Crippen LogP contribution in [0.25, 0.3) is 11.0 Å².